The molecule has 4 atom stereocenters. The summed E-state index contributed by atoms with van der Waals surface area (Å²) in [5, 5.41) is 24.7. The number of aromatic nitrogens is 1. The van der Waals surface area contributed by atoms with Gasteiger partial charge in [-0.3, -0.25) is 14.4 Å². The molecule has 2 aromatic rings. The fourth-order valence-corrected chi connectivity index (χ4v) is 4.37. The minimum atomic E-state index is -1.35. The molecular weight excluding hydrogens is 454 g/mol. The molecule has 1 aromatic heterocycles. The molecule has 4 unspecified atom stereocenters. The number of likely N-dealkylation sites (tertiary alicyclic amines) is 1. The summed E-state index contributed by atoms with van der Waals surface area (Å²) in [6, 6.07) is 3.48. The van der Waals surface area contributed by atoms with E-state index in [1.54, 1.807) is 13.8 Å². The molecule has 3 amide bonds. The molecule has 0 saturated carbocycles. The van der Waals surface area contributed by atoms with Gasteiger partial charge in [0.05, 0.1) is 12.6 Å². The van der Waals surface area contributed by atoms with E-state index in [0.717, 1.165) is 16.5 Å². The Morgan fingerprint density at radius 3 is 2.57 bits per heavy atom. The Kier molecular flexibility index (Phi) is 8.47. The summed E-state index contributed by atoms with van der Waals surface area (Å²) in [5.41, 5.74) is 8.07. The molecule has 0 spiro atoms. The zero-order chi connectivity index (χ0) is 25.7. The van der Waals surface area contributed by atoms with Crippen LogP contribution in [-0.2, 0) is 25.6 Å². The molecule has 1 fully saturated rings. The number of aliphatic hydroxyl groups excluding tert-OH is 1. The van der Waals surface area contributed by atoms with Crippen LogP contribution < -0.4 is 16.4 Å². The Labute approximate surface area is 203 Å². The monoisotopic (exact) mass is 487 g/mol. The summed E-state index contributed by atoms with van der Waals surface area (Å²) in [7, 11) is 0. The van der Waals surface area contributed by atoms with Gasteiger partial charge in [-0.05, 0) is 36.8 Å². The minimum absolute atomic E-state index is 0.293. The van der Waals surface area contributed by atoms with Crippen LogP contribution in [0.15, 0.2) is 30.5 Å². The van der Waals surface area contributed by atoms with E-state index in [-0.39, 0.29) is 5.91 Å². The number of aliphatic hydroxyl groups is 1. The van der Waals surface area contributed by atoms with Gasteiger partial charge < -0.3 is 36.5 Å². The molecule has 35 heavy (non-hydrogen) atoms. The maximum absolute atomic E-state index is 13.1. The normalized spacial score (nSPS) is 18.3. The first kappa shape index (κ1) is 26.2. The summed E-state index contributed by atoms with van der Waals surface area (Å²) in [6.45, 7) is 2.89. The molecule has 190 valence electrons. The van der Waals surface area contributed by atoms with Gasteiger partial charge in [0.2, 0.25) is 17.7 Å². The molecular formula is C24H33N5O6. The van der Waals surface area contributed by atoms with Gasteiger partial charge in [-0.15, -0.1) is 0 Å². The number of amides is 3. The van der Waals surface area contributed by atoms with Crippen LogP contribution in [0.5, 0.6) is 0 Å². The Balaban J connectivity index is 1.64. The number of hydrogen-bond acceptors (Lipinski definition) is 6. The predicted molar refractivity (Wildman–Crippen MR) is 128 cm³/mol. The van der Waals surface area contributed by atoms with Crippen LogP contribution in [0, 0.1) is 5.92 Å². The number of carbonyl (C=O) groups is 4. The van der Waals surface area contributed by atoms with Crippen molar-refractivity contribution < 1.29 is 29.4 Å². The number of benzene rings is 1. The number of rotatable bonds is 10. The maximum Gasteiger partial charge on any atom is 0.326 e. The highest BCUT2D eigenvalue weighted by Crippen LogP contribution is 2.22. The van der Waals surface area contributed by atoms with Crippen molar-refractivity contribution in [2.75, 3.05) is 13.2 Å². The van der Waals surface area contributed by atoms with E-state index in [4.69, 9.17) is 5.73 Å². The third kappa shape index (κ3) is 5.98. The molecule has 1 aromatic carbocycles. The average molecular weight is 488 g/mol. The topological polar surface area (TPSA) is 178 Å². The molecule has 1 saturated heterocycles. The summed E-state index contributed by atoms with van der Waals surface area (Å²) in [5.74, 6) is -3.39. The number of para-hydroxylation sites is 1. The van der Waals surface area contributed by atoms with Crippen molar-refractivity contribution in [2.45, 2.75) is 57.3 Å². The quantitative estimate of drug-likeness (QED) is 0.267. The Hall–Kier alpha value is -3.44. The van der Waals surface area contributed by atoms with E-state index in [1.807, 2.05) is 30.5 Å². The number of nitrogens with zero attached hydrogens (tertiary/aromatic N) is 1. The Morgan fingerprint density at radius 1 is 1.20 bits per heavy atom. The van der Waals surface area contributed by atoms with Crippen LogP contribution >= 0.6 is 0 Å². The molecule has 1 aliphatic rings. The van der Waals surface area contributed by atoms with Crippen LogP contribution in [0.4, 0.5) is 0 Å². The van der Waals surface area contributed by atoms with Gasteiger partial charge in [0.1, 0.15) is 18.1 Å². The zero-order valence-corrected chi connectivity index (χ0v) is 19.9. The van der Waals surface area contributed by atoms with Crippen molar-refractivity contribution in [2.24, 2.45) is 11.7 Å². The van der Waals surface area contributed by atoms with Gasteiger partial charge in [-0.1, -0.05) is 32.0 Å². The second-order valence-electron chi connectivity index (χ2n) is 9.17. The highest BCUT2D eigenvalue weighted by atomic mass is 16.4. The largest absolute Gasteiger partial charge is 0.480 e. The lowest BCUT2D eigenvalue weighted by atomic mass is 10.0. The number of H-pyrrole nitrogens is 1. The Bertz CT molecular complexity index is 1080. The number of hydrogen-bond donors (Lipinski definition) is 6. The minimum Gasteiger partial charge on any atom is -0.480 e. The summed E-state index contributed by atoms with van der Waals surface area (Å²) < 4.78 is 0. The third-order valence-electron chi connectivity index (χ3n) is 6.32. The van der Waals surface area contributed by atoms with E-state index >= 15 is 0 Å². The second-order valence-corrected chi connectivity index (χ2v) is 9.17. The zero-order valence-electron chi connectivity index (χ0n) is 19.9. The van der Waals surface area contributed by atoms with E-state index in [0.29, 0.717) is 25.8 Å². The summed E-state index contributed by atoms with van der Waals surface area (Å²) >= 11 is 0. The smallest absolute Gasteiger partial charge is 0.326 e. The van der Waals surface area contributed by atoms with Gasteiger partial charge in [-0.25, -0.2) is 4.79 Å². The van der Waals surface area contributed by atoms with Crippen molar-refractivity contribution in [1.82, 2.24) is 20.5 Å². The molecule has 3 rings (SSSR count). The van der Waals surface area contributed by atoms with E-state index in [9.17, 15) is 29.4 Å². The molecule has 1 aliphatic heterocycles. The number of nitrogens with two attached hydrogens (primary N) is 1. The van der Waals surface area contributed by atoms with Gasteiger partial charge in [0, 0.05) is 23.6 Å². The Morgan fingerprint density at radius 2 is 1.91 bits per heavy atom. The first-order chi connectivity index (χ1) is 16.6. The first-order valence-electron chi connectivity index (χ1n) is 11.7. The molecule has 0 bridgehead atoms. The molecule has 0 radical (unpaired) electrons. The lowest BCUT2D eigenvalue weighted by Crippen LogP contribution is -2.58. The van der Waals surface area contributed by atoms with Crippen LogP contribution in [0.3, 0.4) is 0 Å². The van der Waals surface area contributed by atoms with Crippen LogP contribution in [-0.4, -0.2) is 81.1 Å². The number of fused-ring (bicyclic) bond motifs is 1. The van der Waals surface area contributed by atoms with Gasteiger partial charge >= 0.3 is 5.97 Å². The van der Waals surface area contributed by atoms with Crippen molar-refractivity contribution in [1.29, 1.82) is 0 Å². The number of carboxylic acids is 1. The van der Waals surface area contributed by atoms with Crippen LogP contribution in [0.25, 0.3) is 10.9 Å². The standard InChI is InChI=1S/C24H33N5O6/c1-13(2)20(24(34)35)28-21(31)18(12-30)27-22(32)19-8-5-9-29(19)23(33)16(25)10-14-11-26-17-7-4-3-6-15(14)17/h3-4,6-7,11,13,16,18-20,26,30H,5,8-10,12,25H2,1-2H3,(H,27,32)(H,28,31)(H,34,35). The highest BCUT2D eigenvalue weighted by Gasteiger charge is 2.38. The van der Waals surface area contributed by atoms with Crippen LogP contribution in [0.1, 0.15) is 32.3 Å². The molecule has 0 aliphatic carbocycles. The number of nitrogens with one attached hydrogen (secondary N) is 3. The number of aromatic amines is 1. The lowest BCUT2D eigenvalue weighted by Gasteiger charge is -2.28. The van der Waals surface area contributed by atoms with Gasteiger partial charge in [0.25, 0.3) is 0 Å². The first-order valence-corrected chi connectivity index (χ1v) is 11.7. The highest BCUT2D eigenvalue weighted by molar-refractivity contribution is 5.94. The van der Waals surface area contributed by atoms with Crippen molar-refractivity contribution in [3.63, 3.8) is 0 Å². The molecule has 7 N–H and O–H groups in total. The molecule has 11 heteroatoms. The van der Waals surface area contributed by atoms with Gasteiger partial charge in [0.15, 0.2) is 0 Å². The third-order valence-corrected chi connectivity index (χ3v) is 6.32. The fourth-order valence-electron chi connectivity index (χ4n) is 4.37. The van der Waals surface area contributed by atoms with E-state index < -0.39 is 54.5 Å². The SMILES string of the molecule is CC(C)C(NC(=O)C(CO)NC(=O)C1CCCN1C(=O)C(N)Cc1c[nH]c2ccccc12)C(=O)O. The van der Waals surface area contributed by atoms with Crippen molar-refractivity contribution in [3.05, 3.63) is 36.0 Å². The van der Waals surface area contributed by atoms with E-state index in [2.05, 4.69) is 15.6 Å². The lowest BCUT2D eigenvalue weighted by molar-refractivity contribution is -0.144. The number of aliphatic carboxylic acids is 1. The van der Waals surface area contributed by atoms with Crippen molar-refractivity contribution in [3.8, 4) is 0 Å². The average Bonchev–Trinajstić information content (AvgIpc) is 3.47. The number of carbonyl (C=O) groups excluding carboxylic acids is 3. The molecule has 2 heterocycles. The summed E-state index contributed by atoms with van der Waals surface area (Å²) in [4.78, 5) is 54.5. The van der Waals surface area contributed by atoms with E-state index in [1.165, 1.54) is 4.90 Å². The predicted octanol–water partition coefficient (Wildman–Crippen LogP) is -0.269. The maximum atomic E-state index is 13.1. The van der Waals surface area contributed by atoms with Crippen molar-refractivity contribution >= 4 is 34.6 Å². The number of carboxylic acid groups (broad SMARTS) is 1. The van der Waals surface area contributed by atoms with Gasteiger partial charge in [-0.2, -0.15) is 0 Å². The second kappa shape index (κ2) is 11.3. The van der Waals surface area contributed by atoms with Crippen LogP contribution in [0.2, 0.25) is 0 Å². The summed E-state index contributed by atoms with van der Waals surface area (Å²) in [6.07, 6.45) is 3.09. The molecule has 11 nitrogen and oxygen atoms in total. The fraction of sp³-hybridized carbons (Fsp3) is 0.500.